The summed E-state index contributed by atoms with van der Waals surface area (Å²) in [4.78, 5) is 11.4. The van der Waals surface area contributed by atoms with Crippen molar-refractivity contribution in [3.8, 4) is 0 Å². The van der Waals surface area contributed by atoms with Gasteiger partial charge in [-0.15, -0.1) is 0 Å². The molecule has 3 heteroatoms. The van der Waals surface area contributed by atoms with E-state index in [0.29, 0.717) is 6.42 Å². The summed E-state index contributed by atoms with van der Waals surface area (Å²) in [6.45, 7) is 6.65. The number of unbranched alkanes of at least 4 members (excludes halogenated alkanes) is 3. The Balaban J connectivity index is 3.49. The van der Waals surface area contributed by atoms with Crippen molar-refractivity contribution in [3.05, 3.63) is 0 Å². The van der Waals surface area contributed by atoms with Crippen LogP contribution >= 0.6 is 0 Å². The molecule has 0 saturated carbocycles. The van der Waals surface area contributed by atoms with E-state index in [1.807, 2.05) is 20.8 Å². The van der Waals surface area contributed by atoms with Crippen molar-refractivity contribution in [2.75, 3.05) is 6.54 Å². The van der Waals surface area contributed by atoms with E-state index in [0.717, 1.165) is 38.6 Å². The van der Waals surface area contributed by atoms with Crippen LogP contribution in [0.4, 0.5) is 0 Å². The lowest BCUT2D eigenvalue weighted by Gasteiger charge is -2.23. The topological polar surface area (TPSA) is 52.3 Å². The molecule has 3 nitrogen and oxygen atoms in total. The lowest BCUT2D eigenvalue weighted by Crippen LogP contribution is -2.26. The number of nitrogens with two attached hydrogens (primary N) is 1. The highest BCUT2D eigenvalue weighted by Crippen LogP contribution is 2.15. The standard InChI is InChI=1S/C12H25NO2/c1-4-12(2,3)15-11(14)9-7-5-6-8-10-13/h4-10,13H2,1-3H3. The quantitative estimate of drug-likeness (QED) is 0.500. The fraction of sp³-hybridized carbons (Fsp3) is 0.917. The van der Waals surface area contributed by atoms with Gasteiger partial charge in [0.1, 0.15) is 5.60 Å². The second-order valence-corrected chi connectivity index (χ2v) is 4.54. The minimum absolute atomic E-state index is 0.0744. The predicted molar refractivity (Wildman–Crippen MR) is 62.6 cm³/mol. The second-order valence-electron chi connectivity index (χ2n) is 4.54. The van der Waals surface area contributed by atoms with Gasteiger partial charge in [0.25, 0.3) is 0 Å². The molecule has 2 N–H and O–H groups in total. The van der Waals surface area contributed by atoms with E-state index in [4.69, 9.17) is 10.5 Å². The molecule has 15 heavy (non-hydrogen) atoms. The van der Waals surface area contributed by atoms with Gasteiger partial charge in [-0.1, -0.05) is 19.8 Å². The van der Waals surface area contributed by atoms with Crippen molar-refractivity contribution in [1.29, 1.82) is 0 Å². The van der Waals surface area contributed by atoms with Crippen LogP contribution < -0.4 is 5.73 Å². The smallest absolute Gasteiger partial charge is 0.306 e. The first-order valence-electron chi connectivity index (χ1n) is 5.93. The van der Waals surface area contributed by atoms with Gasteiger partial charge >= 0.3 is 5.97 Å². The first kappa shape index (κ1) is 14.4. The first-order valence-corrected chi connectivity index (χ1v) is 5.93. The van der Waals surface area contributed by atoms with Crippen LogP contribution in [0.15, 0.2) is 0 Å². The summed E-state index contributed by atoms with van der Waals surface area (Å²) in [5, 5.41) is 0. The van der Waals surface area contributed by atoms with Gasteiger partial charge in [-0.2, -0.15) is 0 Å². The number of rotatable bonds is 8. The van der Waals surface area contributed by atoms with E-state index in [9.17, 15) is 4.79 Å². The van der Waals surface area contributed by atoms with Crippen LogP contribution in [0, 0.1) is 0 Å². The lowest BCUT2D eigenvalue weighted by atomic mass is 10.1. The lowest BCUT2D eigenvalue weighted by molar-refractivity contribution is -0.156. The van der Waals surface area contributed by atoms with E-state index in [1.54, 1.807) is 0 Å². The molecule has 0 aliphatic rings. The van der Waals surface area contributed by atoms with Gasteiger partial charge in [0.2, 0.25) is 0 Å². The molecule has 0 heterocycles. The predicted octanol–water partition coefficient (Wildman–Crippen LogP) is 2.63. The summed E-state index contributed by atoms with van der Waals surface area (Å²) in [6, 6.07) is 0. The zero-order valence-corrected chi connectivity index (χ0v) is 10.3. The minimum atomic E-state index is -0.311. The molecular formula is C12H25NO2. The van der Waals surface area contributed by atoms with Gasteiger partial charge in [-0.25, -0.2) is 0 Å². The van der Waals surface area contributed by atoms with Crippen LogP contribution in [0.1, 0.15) is 59.3 Å². The Kier molecular flexibility index (Phi) is 7.39. The maximum absolute atomic E-state index is 11.4. The third kappa shape index (κ3) is 8.43. The van der Waals surface area contributed by atoms with Gasteiger partial charge in [0.05, 0.1) is 0 Å². The molecule has 0 atom stereocenters. The Hall–Kier alpha value is -0.570. The van der Waals surface area contributed by atoms with Crippen molar-refractivity contribution in [3.63, 3.8) is 0 Å². The molecule has 0 spiro atoms. The van der Waals surface area contributed by atoms with Gasteiger partial charge in [0, 0.05) is 6.42 Å². The number of hydrogen-bond donors (Lipinski definition) is 1. The normalized spacial score (nSPS) is 11.5. The third-order valence-corrected chi connectivity index (χ3v) is 2.58. The minimum Gasteiger partial charge on any atom is -0.460 e. The SMILES string of the molecule is CCC(C)(C)OC(=O)CCCCCCN. The third-order valence-electron chi connectivity index (χ3n) is 2.58. The molecule has 0 saturated heterocycles. The average molecular weight is 215 g/mol. The maximum atomic E-state index is 11.4. The van der Waals surface area contributed by atoms with Crippen LogP contribution in [0.5, 0.6) is 0 Å². The van der Waals surface area contributed by atoms with E-state index < -0.39 is 0 Å². The summed E-state index contributed by atoms with van der Waals surface area (Å²) in [5.74, 6) is -0.0744. The van der Waals surface area contributed by atoms with Crippen molar-refractivity contribution < 1.29 is 9.53 Å². The highest BCUT2D eigenvalue weighted by atomic mass is 16.6. The first-order chi connectivity index (χ1) is 7.02. The van der Waals surface area contributed by atoms with Crippen molar-refractivity contribution in [1.82, 2.24) is 0 Å². The van der Waals surface area contributed by atoms with Gasteiger partial charge in [-0.3, -0.25) is 4.79 Å². The monoisotopic (exact) mass is 215 g/mol. The van der Waals surface area contributed by atoms with Gasteiger partial charge in [-0.05, 0) is 39.7 Å². The number of hydrogen-bond acceptors (Lipinski definition) is 3. The number of esters is 1. The van der Waals surface area contributed by atoms with Gasteiger partial charge < -0.3 is 10.5 Å². The number of carbonyl (C=O) groups excluding carboxylic acids is 1. The molecular weight excluding hydrogens is 190 g/mol. The molecule has 0 aliphatic heterocycles. The summed E-state index contributed by atoms with van der Waals surface area (Å²) in [7, 11) is 0. The van der Waals surface area contributed by atoms with E-state index in [2.05, 4.69) is 0 Å². The van der Waals surface area contributed by atoms with Crippen molar-refractivity contribution in [2.45, 2.75) is 64.9 Å². The van der Waals surface area contributed by atoms with E-state index in [-0.39, 0.29) is 11.6 Å². The number of ether oxygens (including phenoxy) is 1. The maximum Gasteiger partial charge on any atom is 0.306 e. The van der Waals surface area contributed by atoms with E-state index >= 15 is 0 Å². The largest absolute Gasteiger partial charge is 0.460 e. The van der Waals surface area contributed by atoms with Crippen LogP contribution in [-0.4, -0.2) is 18.1 Å². The molecule has 0 aromatic heterocycles. The molecule has 0 aliphatic carbocycles. The summed E-state index contributed by atoms with van der Waals surface area (Å²) in [6.07, 6.45) is 5.54. The Morgan fingerprint density at radius 3 is 2.33 bits per heavy atom. The Morgan fingerprint density at radius 2 is 1.80 bits per heavy atom. The molecule has 0 amide bonds. The van der Waals surface area contributed by atoms with Gasteiger partial charge in [0.15, 0.2) is 0 Å². The van der Waals surface area contributed by atoms with Crippen LogP contribution in [0.3, 0.4) is 0 Å². The van der Waals surface area contributed by atoms with Crippen LogP contribution in [0.2, 0.25) is 0 Å². The van der Waals surface area contributed by atoms with Crippen LogP contribution in [0.25, 0.3) is 0 Å². The molecule has 0 bridgehead atoms. The zero-order chi connectivity index (χ0) is 11.7. The fourth-order valence-corrected chi connectivity index (χ4v) is 1.20. The fourth-order valence-electron chi connectivity index (χ4n) is 1.20. The highest BCUT2D eigenvalue weighted by Gasteiger charge is 2.19. The zero-order valence-electron chi connectivity index (χ0n) is 10.3. The van der Waals surface area contributed by atoms with Crippen LogP contribution in [-0.2, 0) is 9.53 Å². The Morgan fingerprint density at radius 1 is 1.20 bits per heavy atom. The molecule has 0 fully saturated rings. The average Bonchev–Trinajstić information content (AvgIpc) is 2.17. The highest BCUT2D eigenvalue weighted by molar-refractivity contribution is 5.69. The molecule has 0 radical (unpaired) electrons. The molecule has 0 unspecified atom stereocenters. The van der Waals surface area contributed by atoms with E-state index in [1.165, 1.54) is 0 Å². The summed E-state index contributed by atoms with van der Waals surface area (Å²) in [5.41, 5.74) is 5.07. The Bertz CT molecular complexity index is 178. The molecule has 0 aromatic carbocycles. The molecule has 90 valence electrons. The molecule has 0 rings (SSSR count). The summed E-state index contributed by atoms with van der Waals surface area (Å²) < 4.78 is 5.33. The number of carbonyl (C=O) groups is 1. The van der Waals surface area contributed by atoms with Crippen molar-refractivity contribution in [2.24, 2.45) is 5.73 Å². The second kappa shape index (κ2) is 7.69. The summed E-state index contributed by atoms with van der Waals surface area (Å²) >= 11 is 0. The van der Waals surface area contributed by atoms with Crippen molar-refractivity contribution >= 4 is 5.97 Å². The molecule has 0 aromatic rings. The Labute approximate surface area is 93.4 Å².